The Kier molecular flexibility index (Phi) is 9.14. The van der Waals surface area contributed by atoms with E-state index in [9.17, 15) is 15.2 Å². The number of fused-ring (bicyclic) bond motifs is 1. The zero-order chi connectivity index (χ0) is 29.8. The predicted octanol–water partition coefficient (Wildman–Crippen LogP) is 3.31. The van der Waals surface area contributed by atoms with Crippen LogP contribution in [0.2, 0.25) is 0 Å². The van der Waals surface area contributed by atoms with Crippen LogP contribution >= 0.6 is 0 Å². The molecule has 3 aromatic rings. The minimum Gasteiger partial charge on any atom is -0.496 e. The Labute approximate surface area is 246 Å². The van der Waals surface area contributed by atoms with Gasteiger partial charge in [-0.25, -0.2) is 0 Å². The van der Waals surface area contributed by atoms with Gasteiger partial charge in [-0.2, -0.15) is 15.2 Å². The maximum atomic E-state index is 12.6. The monoisotopic (exact) mass is 575 g/mol. The first-order valence-electron chi connectivity index (χ1n) is 14.8. The summed E-state index contributed by atoms with van der Waals surface area (Å²) < 4.78 is 13.3. The van der Waals surface area contributed by atoms with Gasteiger partial charge in [-0.3, -0.25) is 9.69 Å². The van der Waals surface area contributed by atoms with Gasteiger partial charge in [0.1, 0.15) is 29.4 Å². The Bertz CT molecular complexity index is 1450. The average Bonchev–Trinajstić information content (AvgIpc) is 3.79. The van der Waals surface area contributed by atoms with Gasteiger partial charge in [0.05, 0.1) is 25.6 Å². The normalized spacial score (nSPS) is 16.7. The quantitative estimate of drug-likeness (QED) is 0.311. The number of nitrogens with two attached hydrogens (primary N) is 1. The van der Waals surface area contributed by atoms with Crippen molar-refractivity contribution in [2.24, 2.45) is 5.92 Å². The van der Waals surface area contributed by atoms with Gasteiger partial charge in [-0.15, -0.1) is 0 Å². The van der Waals surface area contributed by atoms with Gasteiger partial charge in [0, 0.05) is 38.3 Å². The van der Waals surface area contributed by atoms with E-state index in [0.717, 1.165) is 75.0 Å². The summed E-state index contributed by atoms with van der Waals surface area (Å²) in [5.74, 6) is 1.02. The number of hydrogen-bond acceptors (Lipinski definition) is 9. The van der Waals surface area contributed by atoms with Crippen LogP contribution in [0.4, 0.5) is 5.82 Å². The van der Waals surface area contributed by atoms with Crippen LogP contribution in [0.1, 0.15) is 62.3 Å². The van der Waals surface area contributed by atoms with E-state index in [2.05, 4.69) is 33.9 Å². The van der Waals surface area contributed by atoms with Crippen molar-refractivity contribution < 1.29 is 19.4 Å². The molecule has 2 fully saturated rings. The smallest absolute Gasteiger partial charge is 0.320 e. The summed E-state index contributed by atoms with van der Waals surface area (Å²) in [5, 5.41) is 20.7. The lowest BCUT2D eigenvalue weighted by molar-refractivity contribution is -0.143. The van der Waals surface area contributed by atoms with Crippen LogP contribution in [-0.2, 0) is 17.9 Å². The van der Waals surface area contributed by atoms with E-state index in [1.54, 1.807) is 18.1 Å². The van der Waals surface area contributed by atoms with Gasteiger partial charge < -0.3 is 29.8 Å². The minimum atomic E-state index is -0.848. The number of unbranched alkanes of at least 4 members (excludes halogenated alkanes) is 1. The second-order valence-electron chi connectivity index (χ2n) is 11.4. The first kappa shape index (κ1) is 29.6. The number of likely N-dealkylation sites (N-methyl/N-ethyl adjacent to an activating group) is 1. The minimum absolute atomic E-state index is 0.138. The molecule has 11 nitrogen and oxygen atoms in total. The molecule has 1 atom stereocenters. The molecule has 11 heteroatoms. The molecule has 3 N–H and O–H groups in total. The maximum Gasteiger partial charge on any atom is 0.320 e. The van der Waals surface area contributed by atoms with Gasteiger partial charge in [0.25, 0.3) is 5.91 Å². The standard InChI is InChI=1S/C31H41N7O4/c1-4-5-14-42-31-34-28(33)25-16-24(17-32)38(29(25)35-31)19-22-7-6-20(15-26(22)41-3)18-37-12-10-23(11-13-37)36(2)30(40)27(39)21-8-9-21/h6-7,15-16,21,23,27,39H,4-5,8-14,18-19H2,1-3H3,(H2,33,34,35)/t27-/m0/s1. The number of likely N-dealkylation sites (tertiary alicyclic amines) is 1. The highest BCUT2D eigenvalue weighted by atomic mass is 16.5. The molecule has 1 saturated heterocycles. The average molecular weight is 576 g/mol. The Morgan fingerprint density at radius 1 is 1.21 bits per heavy atom. The number of hydrogen-bond donors (Lipinski definition) is 2. The number of aliphatic hydroxyl groups excluding tert-OH is 1. The number of methoxy groups -OCH3 is 1. The zero-order valence-corrected chi connectivity index (χ0v) is 24.8. The SMILES string of the molecule is CCCCOc1nc(N)c2cc(C#N)n(Cc3ccc(CN4CCC(N(C)C(=O)[C@@H](O)C5CC5)CC4)cc3OC)c2n1. The Hall–Kier alpha value is -3.88. The third-order valence-electron chi connectivity index (χ3n) is 8.47. The number of carbonyl (C=O) groups excluding carboxylic acids is 1. The van der Waals surface area contributed by atoms with E-state index < -0.39 is 6.10 Å². The highest BCUT2D eigenvalue weighted by molar-refractivity contribution is 5.88. The molecule has 5 rings (SSSR count). The lowest BCUT2D eigenvalue weighted by Gasteiger charge is -2.37. The van der Waals surface area contributed by atoms with Crippen molar-refractivity contribution in [2.75, 3.05) is 39.6 Å². The zero-order valence-electron chi connectivity index (χ0n) is 24.8. The van der Waals surface area contributed by atoms with Crippen LogP contribution in [0.25, 0.3) is 11.0 Å². The van der Waals surface area contributed by atoms with Crippen LogP contribution in [0.5, 0.6) is 11.8 Å². The van der Waals surface area contributed by atoms with Crippen molar-refractivity contribution in [1.29, 1.82) is 5.26 Å². The summed E-state index contributed by atoms with van der Waals surface area (Å²) in [6.45, 7) is 5.47. The number of nitrogens with zero attached hydrogens (tertiary/aromatic N) is 6. The maximum absolute atomic E-state index is 12.6. The summed E-state index contributed by atoms with van der Waals surface area (Å²) in [7, 11) is 3.47. The molecule has 224 valence electrons. The number of rotatable bonds is 12. The molecule has 42 heavy (non-hydrogen) atoms. The van der Waals surface area contributed by atoms with E-state index in [-0.39, 0.29) is 29.7 Å². The number of ether oxygens (including phenoxy) is 2. The number of aliphatic hydroxyl groups is 1. The number of aromatic nitrogens is 3. The Morgan fingerprint density at radius 2 is 1.98 bits per heavy atom. The number of benzene rings is 1. The third-order valence-corrected chi connectivity index (χ3v) is 8.47. The number of anilines is 1. The van der Waals surface area contributed by atoms with E-state index in [0.29, 0.717) is 29.9 Å². The molecule has 0 radical (unpaired) electrons. The second kappa shape index (κ2) is 13.0. The first-order chi connectivity index (χ1) is 20.3. The van der Waals surface area contributed by atoms with Crippen LogP contribution in [0.3, 0.4) is 0 Å². The highest BCUT2D eigenvalue weighted by Gasteiger charge is 2.38. The Morgan fingerprint density at radius 3 is 2.64 bits per heavy atom. The molecule has 0 bridgehead atoms. The van der Waals surface area contributed by atoms with Crippen molar-refractivity contribution in [3.8, 4) is 17.8 Å². The molecule has 3 heterocycles. The summed E-state index contributed by atoms with van der Waals surface area (Å²) in [5.41, 5.74) is 9.22. The third kappa shape index (κ3) is 6.45. The van der Waals surface area contributed by atoms with Crippen molar-refractivity contribution >= 4 is 22.8 Å². The second-order valence-corrected chi connectivity index (χ2v) is 11.4. The predicted molar refractivity (Wildman–Crippen MR) is 159 cm³/mol. The molecule has 1 aliphatic heterocycles. The number of nitrogen functional groups attached to an aromatic ring is 1. The van der Waals surface area contributed by atoms with Gasteiger partial charge in [-0.05, 0) is 55.7 Å². The van der Waals surface area contributed by atoms with Crippen molar-refractivity contribution in [3.05, 3.63) is 41.1 Å². The van der Waals surface area contributed by atoms with Gasteiger partial charge in [0.2, 0.25) is 0 Å². The van der Waals surface area contributed by atoms with E-state index in [1.165, 1.54) is 0 Å². The van der Waals surface area contributed by atoms with E-state index in [4.69, 9.17) is 15.2 Å². The van der Waals surface area contributed by atoms with E-state index >= 15 is 0 Å². The topological polar surface area (TPSA) is 143 Å². The number of carbonyl (C=O) groups is 1. The van der Waals surface area contributed by atoms with Gasteiger partial charge in [0.15, 0.2) is 5.65 Å². The van der Waals surface area contributed by atoms with Crippen LogP contribution in [0, 0.1) is 17.2 Å². The largest absolute Gasteiger partial charge is 0.496 e. The molecule has 1 aromatic carbocycles. The molecule has 0 spiro atoms. The fraction of sp³-hybridized carbons (Fsp3) is 0.548. The summed E-state index contributed by atoms with van der Waals surface area (Å²) in [6, 6.07) is 10.5. The lowest BCUT2D eigenvalue weighted by atomic mass is 10.0. The summed E-state index contributed by atoms with van der Waals surface area (Å²) >= 11 is 0. The molecule has 1 saturated carbocycles. The molecule has 2 aromatic heterocycles. The fourth-order valence-electron chi connectivity index (χ4n) is 5.67. The van der Waals surface area contributed by atoms with Gasteiger partial charge >= 0.3 is 6.01 Å². The number of amides is 1. The Balaban J connectivity index is 1.26. The molecule has 0 unspecified atom stereocenters. The van der Waals surface area contributed by atoms with E-state index in [1.807, 2.05) is 23.7 Å². The molecule has 2 aliphatic rings. The lowest BCUT2D eigenvalue weighted by Crippen LogP contribution is -2.48. The fourth-order valence-corrected chi connectivity index (χ4v) is 5.67. The first-order valence-corrected chi connectivity index (χ1v) is 14.8. The van der Waals surface area contributed by atoms with Crippen LogP contribution in [0.15, 0.2) is 24.3 Å². The van der Waals surface area contributed by atoms with Gasteiger partial charge in [-0.1, -0.05) is 25.5 Å². The molecule has 1 aliphatic carbocycles. The van der Waals surface area contributed by atoms with Crippen molar-refractivity contribution in [2.45, 2.75) is 70.7 Å². The van der Waals surface area contributed by atoms with Crippen molar-refractivity contribution in [3.63, 3.8) is 0 Å². The van der Waals surface area contributed by atoms with Crippen LogP contribution in [-0.4, -0.2) is 81.3 Å². The molecular formula is C31H41N7O4. The molecular weight excluding hydrogens is 534 g/mol. The molecule has 1 amide bonds. The van der Waals surface area contributed by atoms with Crippen LogP contribution < -0.4 is 15.2 Å². The summed E-state index contributed by atoms with van der Waals surface area (Å²) in [4.78, 5) is 25.6. The van der Waals surface area contributed by atoms with Crippen molar-refractivity contribution in [1.82, 2.24) is 24.3 Å². The highest BCUT2D eigenvalue weighted by Crippen LogP contribution is 2.34. The number of piperidine rings is 1. The number of nitriles is 1. The summed E-state index contributed by atoms with van der Waals surface area (Å²) in [6.07, 6.45) is 4.67.